The number of nitrogens with zero attached hydrogens (tertiary/aromatic N) is 3. The van der Waals surface area contributed by atoms with Crippen LogP contribution in [0.1, 0.15) is 18.5 Å². The maximum Gasteiger partial charge on any atom is 0.295 e. The molecule has 0 atom stereocenters. The third kappa shape index (κ3) is 4.57. The molecule has 1 fully saturated rings. The van der Waals surface area contributed by atoms with Crippen LogP contribution in [0.3, 0.4) is 0 Å². The number of aromatic nitrogens is 2. The highest BCUT2D eigenvalue weighted by Gasteiger charge is 2.27. The number of anilines is 2. The van der Waals surface area contributed by atoms with Crippen molar-refractivity contribution in [1.82, 2.24) is 13.7 Å². The summed E-state index contributed by atoms with van der Waals surface area (Å²) in [6, 6.07) is 15.6. The Morgan fingerprint density at radius 2 is 1.73 bits per heavy atom. The van der Waals surface area contributed by atoms with Gasteiger partial charge in [0, 0.05) is 25.8 Å². The Morgan fingerprint density at radius 1 is 1.03 bits per heavy atom. The van der Waals surface area contributed by atoms with Crippen molar-refractivity contribution in [1.29, 1.82) is 0 Å². The lowest BCUT2D eigenvalue weighted by molar-refractivity contribution is -0.114. The van der Waals surface area contributed by atoms with Gasteiger partial charge in [0.05, 0.1) is 22.8 Å². The van der Waals surface area contributed by atoms with Gasteiger partial charge in [-0.1, -0.05) is 24.3 Å². The molecule has 1 aliphatic heterocycles. The number of hydrogen-bond acceptors (Lipinski definition) is 5. The van der Waals surface area contributed by atoms with Crippen molar-refractivity contribution in [2.24, 2.45) is 7.05 Å². The fourth-order valence-electron chi connectivity index (χ4n) is 3.92. The molecular weight excluding hydrogens is 442 g/mol. The molecule has 10 heteroatoms. The van der Waals surface area contributed by atoms with Gasteiger partial charge in [-0.3, -0.25) is 14.3 Å². The van der Waals surface area contributed by atoms with Crippen molar-refractivity contribution in [2.45, 2.75) is 24.7 Å². The van der Waals surface area contributed by atoms with Gasteiger partial charge in [-0.15, -0.1) is 0 Å². The molecule has 1 amide bonds. The number of sulfonamides is 1. The zero-order valence-corrected chi connectivity index (χ0v) is 19.4. The molecule has 0 radical (unpaired) electrons. The molecule has 2 heterocycles. The lowest BCUT2D eigenvalue weighted by atomic mass is 10.3. The second-order valence-corrected chi connectivity index (χ2v) is 9.92. The lowest BCUT2D eigenvalue weighted by Crippen LogP contribution is -2.28. The Kier molecular flexibility index (Phi) is 6.39. The molecule has 9 nitrogen and oxygen atoms in total. The second-order valence-electron chi connectivity index (χ2n) is 7.98. The van der Waals surface area contributed by atoms with E-state index in [9.17, 15) is 18.0 Å². The van der Waals surface area contributed by atoms with E-state index in [1.807, 2.05) is 30.3 Å². The highest BCUT2D eigenvalue weighted by Crippen LogP contribution is 2.23. The molecule has 0 bridgehead atoms. The molecule has 1 saturated heterocycles. The van der Waals surface area contributed by atoms with Gasteiger partial charge < -0.3 is 10.6 Å². The predicted octanol–water partition coefficient (Wildman–Crippen LogP) is 2.32. The number of amides is 1. The Hall–Kier alpha value is -3.37. The fourth-order valence-corrected chi connectivity index (χ4v) is 5.49. The Bertz CT molecular complexity index is 1320. The third-order valence-corrected chi connectivity index (χ3v) is 7.70. The van der Waals surface area contributed by atoms with Crippen molar-refractivity contribution in [3.8, 4) is 5.69 Å². The summed E-state index contributed by atoms with van der Waals surface area (Å²) in [5.74, 6) is -0.409. The van der Waals surface area contributed by atoms with E-state index in [1.165, 1.54) is 15.1 Å². The summed E-state index contributed by atoms with van der Waals surface area (Å²) in [5, 5.41) is 5.64. The maximum absolute atomic E-state index is 12.9. The van der Waals surface area contributed by atoms with Crippen LogP contribution in [0.4, 0.5) is 11.4 Å². The van der Waals surface area contributed by atoms with Crippen LogP contribution in [0, 0.1) is 6.92 Å². The minimum atomic E-state index is -3.54. The van der Waals surface area contributed by atoms with Crippen LogP contribution in [0.2, 0.25) is 0 Å². The number of rotatable bonds is 7. The van der Waals surface area contributed by atoms with Gasteiger partial charge in [0.25, 0.3) is 5.56 Å². The first-order valence-corrected chi connectivity index (χ1v) is 12.2. The third-order valence-electron chi connectivity index (χ3n) is 5.81. The van der Waals surface area contributed by atoms with Crippen LogP contribution in [-0.2, 0) is 21.9 Å². The monoisotopic (exact) mass is 469 g/mol. The first-order chi connectivity index (χ1) is 15.8. The van der Waals surface area contributed by atoms with Gasteiger partial charge in [-0.05, 0) is 50.1 Å². The minimum absolute atomic E-state index is 0.119. The molecule has 2 aromatic carbocycles. The van der Waals surface area contributed by atoms with E-state index in [-0.39, 0.29) is 22.7 Å². The largest absolute Gasteiger partial charge is 0.376 e. The topological polar surface area (TPSA) is 105 Å². The van der Waals surface area contributed by atoms with Crippen LogP contribution >= 0.6 is 0 Å². The standard InChI is InChI=1S/C23H27N5O4S/c1-17-22(23(30)28(26(17)2)19-10-4-3-5-11-19)25-21(29)16-24-18-9-8-12-20(15-18)33(31,32)27-13-6-7-14-27/h3-5,8-12,15,24H,6-7,13-14,16H2,1-2H3,(H,25,29). The summed E-state index contributed by atoms with van der Waals surface area (Å²) in [4.78, 5) is 25.7. The molecule has 3 aromatic rings. The van der Waals surface area contributed by atoms with Crippen molar-refractivity contribution < 1.29 is 13.2 Å². The molecule has 33 heavy (non-hydrogen) atoms. The van der Waals surface area contributed by atoms with E-state index < -0.39 is 15.9 Å². The van der Waals surface area contributed by atoms with E-state index >= 15 is 0 Å². The zero-order chi connectivity index (χ0) is 23.6. The Balaban J connectivity index is 1.46. The van der Waals surface area contributed by atoms with Crippen molar-refractivity contribution >= 4 is 27.3 Å². The smallest absolute Gasteiger partial charge is 0.295 e. The summed E-state index contributed by atoms with van der Waals surface area (Å²) < 4.78 is 30.2. The van der Waals surface area contributed by atoms with Crippen LogP contribution in [0.5, 0.6) is 0 Å². The number of carbonyl (C=O) groups excluding carboxylic acids is 1. The molecule has 2 N–H and O–H groups in total. The summed E-state index contributed by atoms with van der Waals surface area (Å²) in [7, 11) is -1.79. The molecule has 174 valence electrons. The van der Waals surface area contributed by atoms with Crippen molar-refractivity contribution in [2.75, 3.05) is 30.3 Å². The van der Waals surface area contributed by atoms with Gasteiger partial charge in [-0.25, -0.2) is 13.1 Å². The molecule has 1 aromatic heterocycles. The number of benzene rings is 2. The first kappa shape index (κ1) is 22.8. The molecular formula is C23H27N5O4S. The van der Waals surface area contributed by atoms with Gasteiger partial charge in [-0.2, -0.15) is 4.31 Å². The Labute approximate surface area is 192 Å². The summed E-state index contributed by atoms with van der Waals surface area (Å²) in [6.45, 7) is 2.70. The number of carbonyl (C=O) groups is 1. The highest BCUT2D eigenvalue weighted by atomic mass is 32.2. The van der Waals surface area contributed by atoms with Crippen LogP contribution < -0.4 is 16.2 Å². The maximum atomic E-state index is 12.9. The van der Waals surface area contributed by atoms with Gasteiger partial charge >= 0.3 is 0 Å². The minimum Gasteiger partial charge on any atom is -0.376 e. The highest BCUT2D eigenvalue weighted by molar-refractivity contribution is 7.89. The molecule has 1 aliphatic rings. The zero-order valence-electron chi connectivity index (χ0n) is 18.6. The average Bonchev–Trinajstić information content (AvgIpc) is 3.43. The summed E-state index contributed by atoms with van der Waals surface area (Å²) in [5.41, 5.74) is 1.71. The first-order valence-electron chi connectivity index (χ1n) is 10.8. The van der Waals surface area contributed by atoms with E-state index in [2.05, 4.69) is 10.6 Å². The molecule has 0 unspecified atom stereocenters. The van der Waals surface area contributed by atoms with E-state index in [0.29, 0.717) is 30.2 Å². The quantitative estimate of drug-likeness (QED) is 0.553. The van der Waals surface area contributed by atoms with E-state index in [4.69, 9.17) is 0 Å². The van der Waals surface area contributed by atoms with Crippen LogP contribution in [0.15, 0.2) is 64.3 Å². The van der Waals surface area contributed by atoms with Crippen molar-refractivity contribution in [3.05, 3.63) is 70.6 Å². The average molecular weight is 470 g/mol. The lowest BCUT2D eigenvalue weighted by Gasteiger charge is -2.16. The number of hydrogen-bond donors (Lipinski definition) is 2. The SMILES string of the molecule is Cc1c(NC(=O)CNc2cccc(S(=O)(=O)N3CCCC3)c2)c(=O)n(-c2ccccc2)n1C. The second kappa shape index (κ2) is 9.24. The van der Waals surface area contributed by atoms with E-state index in [1.54, 1.807) is 36.9 Å². The van der Waals surface area contributed by atoms with Crippen LogP contribution in [0.25, 0.3) is 5.69 Å². The van der Waals surface area contributed by atoms with Gasteiger partial charge in [0.2, 0.25) is 15.9 Å². The van der Waals surface area contributed by atoms with Gasteiger partial charge in [0.1, 0.15) is 5.69 Å². The molecule has 4 rings (SSSR count). The molecule has 0 spiro atoms. The van der Waals surface area contributed by atoms with Crippen molar-refractivity contribution in [3.63, 3.8) is 0 Å². The molecule has 0 saturated carbocycles. The summed E-state index contributed by atoms with van der Waals surface area (Å²) in [6.07, 6.45) is 1.73. The van der Waals surface area contributed by atoms with Crippen LogP contribution in [-0.4, -0.2) is 47.6 Å². The predicted molar refractivity (Wildman–Crippen MR) is 127 cm³/mol. The fraction of sp³-hybridized carbons (Fsp3) is 0.304. The summed E-state index contributed by atoms with van der Waals surface area (Å²) >= 11 is 0. The van der Waals surface area contributed by atoms with Gasteiger partial charge in [0.15, 0.2) is 0 Å². The number of para-hydroxylation sites is 1. The molecule has 0 aliphatic carbocycles. The Morgan fingerprint density at radius 3 is 2.42 bits per heavy atom. The number of nitrogens with one attached hydrogen (secondary N) is 2. The normalized spacial score (nSPS) is 14.4. The van der Waals surface area contributed by atoms with E-state index in [0.717, 1.165) is 12.8 Å².